The van der Waals surface area contributed by atoms with E-state index in [2.05, 4.69) is 10.3 Å². The number of anilines is 1. The number of hydrogen-bond donors (Lipinski definition) is 1. The Morgan fingerprint density at radius 1 is 1.12 bits per heavy atom. The molecule has 1 amide bonds. The second-order valence-electron chi connectivity index (χ2n) is 3.28. The SMILES string of the molecule is O=C(Nc1ccccc1Cl)c1cccnc1Cl. The summed E-state index contributed by atoms with van der Waals surface area (Å²) in [5.41, 5.74) is 0.855. The Kier molecular flexibility index (Phi) is 3.61. The van der Waals surface area contributed by atoms with Gasteiger partial charge in [-0.1, -0.05) is 35.3 Å². The van der Waals surface area contributed by atoms with Crippen LogP contribution < -0.4 is 5.32 Å². The number of amides is 1. The summed E-state index contributed by atoms with van der Waals surface area (Å²) in [4.78, 5) is 15.7. The van der Waals surface area contributed by atoms with Gasteiger partial charge >= 0.3 is 0 Å². The van der Waals surface area contributed by atoms with Gasteiger partial charge in [0, 0.05) is 6.20 Å². The van der Waals surface area contributed by atoms with E-state index in [9.17, 15) is 4.79 Å². The molecule has 1 heterocycles. The van der Waals surface area contributed by atoms with E-state index in [1.165, 1.54) is 6.20 Å². The van der Waals surface area contributed by atoms with E-state index in [4.69, 9.17) is 23.2 Å². The lowest BCUT2D eigenvalue weighted by Gasteiger charge is -2.07. The predicted octanol–water partition coefficient (Wildman–Crippen LogP) is 3.64. The van der Waals surface area contributed by atoms with Crippen LogP contribution in [0.3, 0.4) is 0 Å². The maximum atomic E-state index is 11.9. The molecule has 0 bridgehead atoms. The first-order valence-corrected chi connectivity index (χ1v) is 5.60. The average Bonchev–Trinajstić information content (AvgIpc) is 2.32. The normalized spacial score (nSPS) is 10.0. The number of rotatable bonds is 2. The number of carbonyl (C=O) groups is 1. The van der Waals surface area contributed by atoms with Gasteiger partial charge in [-0.05, 0) is 24.3 Å². The molecule has 1 aromatic carbocycles. The van der Waals surface area contributed by atoms with E-state index in [1.807, 2.05) is 0 Å². The number of aromatic nitrogens is 1. The van der Waals surface area contributed by atoms with Gasteiger partial charge in [-0.25, -0.2) is 4.98 Å². The van der Waals surface area contributed by atoms with Crippen LogP contribution in [0.5, 0.6) is 0 Å². The Morgan fingerprint density at radius 3 is 2.59 bits per heavy atom. The van der Waals surface area contributed by atoms with E-state index in [1.54, 1.807) is 36.4 Å². The smallest absolute Gasteiger partial charge is 0.258 e. The minimum Gasteiger partial charge on any atom is -0.321 e. The third-order valence-corrected chi connectivity index (χ3v) is 2.76. The van der Waals surface area contributed by atoms with Crippen molar-refractivity contribution in [3.05, 3.63) is 58.3 Å². The van der Waals surface area contributed by atoms with Gasteiger partial charge < -0.3 is 5.32 Å². The number of halogens is 2. The quantitative estimate of drug-likeness (QED) is 0.844. The number of pyridine rings is 1. The summed E-state index contributed by atoms with van der Waals surface area (Å²) in [5, 5.41) is 3.31. The van der Waals surface area contributed by atoms with Crippen LogP contribution in [0.15, 0.2) is 42.6 Å². The molecule has 0 aliphatic rings. The highest BCUT2D eigenvalue weighted by molar-refractivity contribution is 6.35. The fraction of sp³-hybridized carbons (Fsp3) is 0. The van der Waals surface area contributed by atoms with Gasteiger partial charge in [-0.2, -0.15) is 0 Å². The molecule has 17 heavy (non-hydrogen) atoms. The molecule has 0 spiro atoms. The molecule has 5 heteroatoms. The van der Waals surface area contributed by atoms with Gasteiger partial charge in [0.1, 0.15) is 5.15 Å². The minimum absolute atomic E-state index is 0.164. The molecule has 2 aromatic rings. The topological polar surface area (TPSA) is 42.0 Å². The maximum Gasteiger partial charge on any atom is 0.258 e. The fourth-order valence-corrected chi connectivity index (χ4v) is 1.70. The number of para-hydroxylation sites is 1. The largest absolute Gasteiger partial charge is 0.321 e. The molecule has 0 saturated carbocycles. The molecule has 0 aliphatic heterocycles. The van der Waals surface area contributed by atoms with Crippen molar-refractivity contribution in [2.75, 3.05) is 5.32 Å². The van der Waals surface area contributed by atoms with Crippen molar-refractivity contribution in [3.8, 4) is 0 Å². The molecule has 3 nitrogen and oxygen atoms in total. The van der Waals surface area contributed by atoms with Crippen LogP contribution in [0.2, 0.25) is 10.2 Å². The zero-order valence-corrected chi connectivity index (χ0v) is 10.2. The summed E-state index contributed by atoms with van der Waals surface area (Å²) in [6.45, 7) is 0. The van der Waals surface area contributed by atoms with E-state index < -0.39 is 0 Å². The molecule has 1 aromatic heterocycles. The second kappa shape index (κ2) is 5.17. The van der Waals surface area contributed by atoms with Crippen LogP contribution in [0.4, 0.5) is 5.69 Å². The lowest BCUT2D eigenvalue weighted by Crippen LogP contribution is -2.13. The molecule has 2 rings (SSSR count). The molecule has 0 radical (unpaired) electrons. The molecular formula is C12H8Cl2N2O. The van der Waals surface area contributed by atoms with Crippen LogP contribution in [-0.4, -0.2) is 10.9 Å². The highest BCUT2D eigenvalue weighted by atomic mass is 35.5. The summed E-state index contributed by atoms with van der Waals surface area (Å²) in [5.74, 6) is -0.337. The third kappa shape index (κ3) is 2.75. The monoisotopic (exact) mass is 266 g/mol. The number of nitrogens with one attached hydrogen (secondary N) is 1. The van der Waals surface area contributed by atoms with Crippen molar-refractivity contribution in [2.24, 2.45) is 0 Å². The van der Waals surface area contributed by atoms with Gasteiger partial charge in [-0.15, -0.1) is 0 Å². The molecule has 1 N–H and O–H groups in total. The summed E-state index contributed by atoms with van der Waals surface area (Å²) in [6.07, 6.45) is 1.52. The average molecular weight is 267 g/mol. The Labute approximate surface area is 108 Å². The predicted molar refractivity (Wildman–Crippen MR) is 68.7 cm³/mol. The molecular weight excluding hydrogens is 259 g/mol. The summed E-state index contributed by atoms with van der Waals surface area (Å²) in [7, 11) is 0. The van der Waals surface area contributed by atoms with Crippen molar-refractivity contribution >= 4 is 34.8 Å². The lowest BCUT2D eigenvalue weighted by molar-refractivity contribution is 0.102. The standard InChI is InChI=1S/C12H8Cl2N2O/c13-9-5-1-2-6-10(9)16-12(17)8-4-3-7-15-11(8)14/h1-7H,(H,16,17). The zero-order chi connectivity index (χ0) is 12.3. The van der Waals surface area contributed by atoms with Crippen LogP contribution in [-0.2, 0) is 0 Å². The van der Waals surface area contributed by atoms with Crippen LogP contribution >= 0.6 is 23.2 Å². The summed E-state index contributed by atoms with van der Waals surface area (Å²) >= 11 is 11.8. The van der Waals surface area contributed by atoms with Gasteiger partial charge in [0.25, 0.3) is 5.91 Å². The second-order valence-corrected chi connectivity index (χ2v) is 4.04. The number of carbonyl (C=O) groups excluding carboxylic acids is 1. The van der Waals surface area contributed by atoms with Crippen molar-refractivity contribution in [1.82, 2.24) is 4.98 Å². The highest BCUT2D eigenvalue weighted by Gasteiger charge is 2.11. The highest BCUT2D eigenvalue weighted by Crippen LogP contribution is 2.22. The number of benzene rings is 1. The Hall–Kier alpha value is -1.58. The van der Waals surface area contributed by atoms with Crippen molar-refractivity contribution < 1.29 is 4.79 Å². The third-order valence-electron chi connectivity index (χ3n) is 2.13. The number of nitrogens with zero attached hydrogens (tertiary/aromatic N) is 1. The summed E-state index contributed by atoms with van der Waals surface area (Å²) < 4.78 is 0. The van der Waals surface area contributed by atoms with Crippen molar-refractivity contribution in [2.45, 2.75) is 0 Å². The maximum absolute atomic E-state index is 11.9. The minimum atomic E-state index is -0.337. The van der Waals surface area contributed by atoms with Gasteiger partial charge in [0.05, 0.1) is 16.3 Å². The Balaban J connectivity index is 2.24. The molecule has 0 fully saturated rings. The lowest BCUT2D eigenvalue weighted by atomic mass is 10.2. The van der Waals surface area contributed by atoms with E-state index in [0.29, 0.717) is 16.3 Å². The van der Waals surface area contributed by atoms with E-state index >= 15 is 0 Å². The molecule has 0 aliphatic carbocycles. The van der Waals surface area contributed by atoms with Gasteiger partial charge in [0.15, 0.2) is 0 Å². The Morgan fingerprint density at radius 2 is 1.88 bits per heavy atom. The van der Waals surface area contributed by atoms with E-state index in [-0.39, 0.29) is 11.1 Å². The molecule has 86 valence electrons. The van der Waals surface area contributed by atoms with Crippen molar-refractivity contribution in [3.63, 3.8) is 0 Å². The first-order valence-electron chi connectivity index (χ1n) is 4.85. The molecule has 0 atom stereocenters. The number of hydrogen-bond acceptors (Lipinski definition) is 2. The van der Waals surface area contributed by atoms with Crippen LogP contribution in [0, 0.1) is 0 Å². The fourth-order valence-electron chi connectivity index (χ4n) is 1.31. The van der Waals surface area contributed by atoms with Gasteiger partial charge in [-0.3, -0.25) is 4.79 Å². The molecule has 0 unspecified atom stereocenters. The van der Waals surface area contributed by atoms with Crippen LogP contribution in [0.25, 0.3) is 0 Å². The molecule has 0 saturated heterocycles. The van der Waals surface area contributed by atoms with Crippen LogP contribution in [0.1, 0.15) is 10.4 Å². The van der Waals surface area contributed by atoms with Gasteiger partial charge in [0.2, 0.25) is 0 Å². The first-order chi connectivity index (χ1) is 8.18. The Bertz CT molecular complexity index is 558. The van der Waals surface area contributed by atoms with Crippen molar-refractivity contribution in [1.29, 1.82) is 0 Å². The summed E-state index contributed by atoms with van der Waals surface area (Å²) in [6, 6.07) is 10.2. The first kappa shape index (κ1) is 11.9. The van der Waals surface area contributed by atoms with E-state index in [0.717, 1.165) is 0 Å². The zero-order valence-electron chi connectivity index (χ0n) is 8.65.